The molecule has 7 heteroatoms. The van der Waals surface area contributed by atoms with E-state index < -0.39 is 0 Å². The number of nitrogens with one attached hydrogen (secondary N) is 1. The molecule has 0 amide bonds. The van der Waals surface area contributed by atoms with Crippen LogP contribution in [-0.2, 0) is 6.54 Å². The van der Waals surface area contributed by atoms with E-state index in [2.05, 4.69) is 31.4 Å². The fourth-order valence-electron chi connectivity index (χ4n) is 2.51. The van der Waals surface area contributed by atoms with E-state index in [1.807, 2.05) is 43.3 Å². The molecule has 0 bridgehead atoms. The van der Waals surface area contributed by atoms with Crippen molar-refractivity contribution in [2.24, 2.45) is 5.10 Å². The van der Waals surface area contributed by atoms with Crippen LogP contribution in [0.1, 0.15) is 12.5 Å². The molecule has 128 valence electrons. The van der Waals surface area contributed by atoms with Gasteiger partial charge in [0, 0.05) is 16.6 Å². The Bertz CT molecular complexity index is 998. The molecule has 0 saturated carbocycles. The zero-order chi connectivity index (χ0) is 17.8. The average molecular weight is 401 g/mol. The second-order valence-corrected chi connectivity index (χ2v) is 6.17. The van der Waals surface area contributed by atoms with Gasteiger partial charge in [0.2, 0.25) is 5.95 Å². The highest BCUT2D eigenvalue weighted by Gasteiger charge is 2.08. The van der Waals surface area contributed by atoms with E-state index in [4.69, 9.17) is 4.74 Å². The van der Waals surface area contributed by atoms with Gasteiger partial charge < -0.3 is 4.74 Å². The molecule has 1 aromatic heterocycles. The van der Waals surface area contributed by atoms with Crippen LogP contribution in [0.5, 0.6) is 5.75 Å². The molecule has 1 N–H and O–H groups in total. The predicted octanol–water partition coefficient (Wildman–Crippen LogP) is 3.63. The van der Waals surface area contributed by atoms with Crippen molar-refractivity contribution in [3.63, 3.8) is 0 Å². The summed E-state index contributed by atoms with van der Waals surface area (Å²) in [4.78, 5) is 17.1. The summed E-state index contributed by atoms with van der Waals surface area (Å²) in [7, 11) is 1.60. The Hall–Kier alpha value is -2.67. The monoisotopic (exact) mass is 400 g/mol. The van der Waals surface area contributed by atoms with E-state index in [9.17, 15) is 4.79 Å². The van der Waals surface area contributed by atoms with Crippen molar-refractivity contribution in [3.8, 4) is 5.75 Å². The maximum Gasteiger partial charge on any atom is 0.262 e. The number of nitrogens with zero attached hydrogens (tertiary/aromatic N) is 3. The van der Waals surface area contributed by atoms with E-state index >= 15 is 0 Å². The lowest BCUT2D eigenvalue weighted by atomic mass is 10.2. The van der Waals surface area contributed by atoms with Crippen LogP contribution in [-0.4, -0.2) is 22.9 Å². The number of ether oxygens (including phenoxy) is 1. The first kappa shape index (κ1) is 17.2. The Morgan fingerprint density at radius 3 is 2.88 bits per heavy atom. The molecule has 0 fully saturated rings. The van der Waals surface area contributed by atoms with Crippen molar-refractivity contribution >= 4 is 39.0 Å². The van der Waals surface area contributed by atoms with Crippen molar-refractivity contribution in [1.29, 1.82) is 0 Å². The van der Waals surface area contributed by atoms with Crippen molar-refractivity contribution in [3.05, 3.63) is 62.9 Å². The Labute approximate surface area is 153 Å². The molecule has 2 aromatic carbocycles. The summed E-state index contributed by atoms with van der Waals surface area (Å²) in [6.07, 6.45) is 1.63. The highest BCUT2D eigenvalue weighted by molar-refractivity contribution is 9.10. The highest BCUT2D eigenvalue weighted by atomic mass is 79.9. The SMILES string of the molecule is CCn1c(N/N=C\c2cc(Br)ccc2OC)nc2ccccc2c1=O. The third-order valence-corrected chi connectivity index (χ3v) is 4.23. The molecule has 0 aliphatic rings. The first-order chi connectivity index (χ1) is 12.1. The second kappa shape index (κ2) is 7.48. The lowest BCUT2D eigenvalue weighted by Gasteiger charge is -2.10. The average Bonchev–Trinajstić information content (AvgIpc) is 2.62. The number of fused-ring (bicyclic) bond motifs is 1. The van der Waals surface area contributed by atoms with Gasteiger partial charge >= 0.3 is 0 Å². The van der Waals surface area contributed by atoms with Crippen molar-refractivity contribution in [2.75, 3.05) is 12.5 Å². The van der Waals surface area contributed by atoms with E-state index in [0.29, 0.717) is 29.1 Å². The smallest absolute Gasteiger partial charge is 0.262 e. The van der Waals surface area contributed by atoms with Gasteiger partial charge in [0.1, 0.15) is 5.75 Å². The van der Waals surface area contributed by atoms with Crippen LogP contribution in [0, 0.1) is 0 Å². The third-order valence-electron chi connectivity index (χ3n) is 3.74. The second-order valence-electron chi connectivity index (χ2n) is 5.26. The van der Waals surface area contributed by atoms with Crippen LogP contribution >= 0.6 is 15.9 Å². The van der Waals surface area contributed by atoms with Gasteiger partial charge in [-0.1, -0.05) is 28.1 Å². The number of aromatic nitrogens is 2. The summed E-state index contributed by atoms with van der Waals surface area (Å²) >= 11 is 3.43. The molecule has 25 heavy (non-hydrogen) atoms. The first-order valence-electron chi connectivity index (χ1n) is 7.76. The molecule has 0 saturated heterocycles. The molecule has 3 rings (SSSR count). The quantitative estimate of drug-likeness (QED) is 0.524. The minimum atomic E-state index is -0.0918. The maximum absolute atomic E-state index is 12.6. The van der Waals surface area contributed by atoms with Gasteiger partial charge in [-0.15, -0.1) is 0 Å². The molecule has 0 spiro atoms. The topological polar surface area (TPSA) is 68.5 Å². The Morgan fingerprint density at radius 2 is 2.12 bits per heavy atom. The molecule has 0 aliphatic carbocycles. The minimum absolute atomic E-state index is 0.0918. The number of hydrazone groups is 1. The van der Waals surface area contributed by atoms with E-state index in [1.165, 1.54) is 0 Å². The largest absolute Gasteiger partial charge is 0.496 e. The molecule has 0 atom stereocenters. The zero-order valence-electron chi connectivity index (χ0n) is 13.9. The fourth-order valence-corrected chi connectivity index (χ4v) is 2.89. The fraction of sp³-hybridized carbons (Fsp3) is 0.167. The van der Waals surface area contributed by atoms with Gasteiger partial charge in [0.15, 0.2) is 0 Å². The lowest BCUT2D eigenvalue weighted by Crippen LogP contribution is -2.23. The molecule has 3 aromatic rings. The highest BCUT2D eigenvalue weighted by Crippen LogP contribution is 2.21. The molecule has 1 heterocycles. The summed E-state index contributed by atoms with van der Waals surface area (Å²) in [5.74, 6) is 1.10. The standard InChI is InChI=1S/C18H17BrN4O2/c1-3-23-17(24)14-6-4-5-7-15(14)21-18(23)22-20-11-12-10-13(19)8-9-16(12)25-2/h4-11H,3H2,1-2H3,(H,21,22)/b20-11-. The van der Waals surface area contributed by atoms with Gasteiger partial charge in [-0.2, -0.15) is 5.10 Å². The molecular weight excluding hydrogens is 384 g/mol. The van der Waals surface area contributed by atoms with Crippen molar-refractivity contribution < 1.29 is 4.74 Å². The van der Waals surface area contributed by atoms with Crippen molar-refractivity contribution in [1.82, 2.24) is 9.55 Å². The zero-order valence-corrected chi connectivity index (χ0v) is 15.4. The molecular formula is C18H17BrN4O2. The molecule has 0 unspecified atom stereocenters. The Balaban J connectivity index is 1.96. The summed E-state index contributed by atoms with van der Waals surface area (Å²) in [6.45, 7) is 2.39. The summed E-state index contributed by atoms with van der Waals surface area (Å²) < 4.78 is 7.79. The number of anilines is 1. The van der Waals surface area contributed by atoms with Crippen molar-refractivity contribution in [2.45, 2.75) is 13.5 Å². The van der Waals surface area contributed by atoms with Gasteiger partial charge in [0.05, 0.1) is 24.2 Å². The van der Waals surface area contributed by atoms with Crippen LogP contribution in [0.25, 0.3) is 10.9 Å². The van der Waals surface area contributed by atoms with Crippen LogP contribution < -0.4 is 15.7 Å². The van der Waals surface area contributed by atoms with Gasteiger partial charge in [-0.25, -0.2) is 10.4 Å². The Morgan fingerprint density at radius 1 is 1.32 bits per heavy atom. The number of para-hydroxylation sites is 1. The summed E-state index contributed by atoms with van der Waals surface area (Å²) in [5.41, 5.74) is 4.21. The summed E-state index contributed by atoms with van der Waals surface area (Å²) in [6, 6.07) is 12.9. The van der Waals surface area contributed by atoms with Gasteiger partial charge in [-0.05, 0) is 37.3 Å². The number of methoxy groups -OCH3 is 1. The predicted molar refractivity (Wildman–Crippen MR) is 104 cm³/mol. The molecule has 0 aliphatic heterocycles. The molecule has 0 radical (unpaired) electrons. The third kappa shape index (κ3) is 3.56. The van der Waals surface area contributed by atoms with Crippen LogP contribution in [0.4, 0.5) is 5.95 Å². The van der Waals surface area contributed by atoms with Crippen LogP contribution in [0.3, 0.4) is 0 Å². The van der Waals surface area contributed by atoms with Gasteiger partial charge in [0.25, 0.3) is 5.56 Å². The van der Waals surface area contributed by atoms with E-state index in [0.717, 1.165) is 10.0 Å². The number of hydrogen-bond acceptors (Lipinski definition) is 5. The number of halogens is 1. The first-order valence-corrected chi connectivity index (χ1v) is 8.55. The number of hydrogen-bond donors (Lipinski definition) is 1. The minimum Gasteiger partial charge on any atom is -0.496 e. The lowest BCUT2D eigenvalue weighted by molar-refractivity contribution is 0.414. The van der Waals surface area contributed by atoms with Crippen LogP contribution in [0.15, 0.2) is 56.8 Å². The number of rotatable bonds is 5. The number of benzene rings is 2. The summed E-state index contributed by atoms with van der Waals surface area (Å²) in [5, 5.41) is 4.81. The molecule has 6 nitrogen and oxygen atoms in total. The Kier molecular flexibility index (Phi) is 5.14. The van der Waals surface area contributed by atoms with Crippen LogP contribution in [0.2, 0.25) is 0 Å². The van der Waals surface area contributed by atoms with E-state index in [1.54, 1.807) is 24.0 Å². The maximum atomic E-state index is 12.6. The van der Waals surface area contributed by atoms with Gasteiger partial charge in [-0.3, -0.25) is 9.36 Å². The normalized spacial score (nSPS) is 11.2. The van der Waals surface area contributed by atoms with E-state index in [-0.39, 0.29) is 5.56 Å².